The zero-order chi connectivity index (χ0) is 20.6. The number of sulfonamides is 1. The molecule has 0 saturated carbocycles. The summed E-state index contributed by atoms with van der Waals surface area (Å²) < 4.78 is 34.8. The van der Waals surface area contributed by atoms with Crippen LogP contribution in [0.5, 0.6) is 11.5 Å². The molecule has 0 unspecified atom stereocenters. The van der Waals surface area contributed by atoms with Gasteiger partial charge in [0.15, 0.2) is 11.5 Å². The summed E-state index contributed by atoms with van der Waals surface area (Å²) in [6, 6.07) is 2.41. The molecule has 0 fully saturated rings. The Hall–Kier alpha value is -2.40. The average Bonchev–Trinajstić information content (AvgIpc) is 2.60. The van der Waals surface area contributed by atoms with E-state index in [0.717, 1.165) is 12.3 Å². The molecule has 1 aromatic carbocycles. The standard InChI is InChI=1S/C16H25N3O7S/c1-5-18(27(4,23)24)9-7-8-17-16(20)12-10-14(25-3)15(26-6-2)11-13(12)19(21)22/h10-11H,5-9H2,1-4H3,(H,17,20). The Morgan fingerprint density at radius 3 is 2.44 bits per heavy atom. The van der Waals surface area contributed by atoms with Crippen LogP contribution in [0.1, 0.15) is 30.6 Å². The number of ether oxygens (including phenoxy) is 2. The number of nitrogens with one attached hydrogen (secondary N) is 1. The highest BCUT2D eigenvalue weighted by Gasteiger charge is 2.24. The molecule has 0 spiro atoms. The topological polar surface area (TPSA) is 128 Å². The molecule has 11 heteroatoms. The van der Waals surface area contributed by atoms with Gasteiger partial charge in [-0.25, -0.2) is 12.7 Å². The van der Waals surface area contributed by atoms with Crippen molar-refractivity contribution in [1.82, 2.24) is 9.62 Å². The lowest BCUT2D eigenvalue weighted by Gasteiger charge is -2.17. The lowest BCUT2D eigenvalue weighted by molar-refractivity contribution is -0.385. The van der Waals surface area contributed by atoms with Gasteiger partial charge in [-0.2, -0.15) is 0 Å². The van der Waals surface area contributed by atoms with E-state index in [1.165, 1.54) is 17.5 Å². The Balaban J connectivity index is 2.88. The van der Waals surface area contributed by atoms with E-state index in [1.54, 1.807) is 13.8 Å². The van der Waals surface area contributed by atoms with Gasteiger partial charge in [0.2, 0.25) is 10.0 Å². The van der Waals surface area contributed by atoms with Gasteiger partial charge in [0.05, 0.1) is 31.0 Å². The summed E-state index contributed by atoms with van der Waals surface area (Å²) in [5.41, 5.74) is -0.557. The summed E-state index contributed by atoms with van der Waals surface area (Å²) in [6.07, 6.45) is 1.49. The predicted molar refractivity (Wildman–Crippen MR) is 99.9 cm³/mol. The fourth-order valence-corrected chi connectivity index (χ4v) is 3.35. The fourth-order valence-electron chi connectivity index (χ4n) is 2.42. The van der Waals surface area contributed by atoms with Crippen LogP contribution in [0.15, 0.2) is 12.1 Å². The van der Waals surface area contributed by atoms with E-state index in [2.05, 4.69) is 5.32 Å². The van der Waals surface area contributed by atoms with E-state index in [0.29, 0.717) is 13.0 Å². The predicted octanol–water partition coefficient (Wildman–Crippen LogP) is 1.40. The van der Waals surface area contributed by atoms with Gasteiger partial charge in [0, 0.05) is 25.7 Å². The summed E-state index contributed by atoms with van der Waals surface area (Å²) >= 11 is 0. The van der Waals surface area contributed by atoms with Crippen molar-refractivity contribution >= 4 is 21.6 Å². The lowest BCUT2D eigenvalue weighted by atomic mass is 10.1. The first-order valence-electron chi connectivity index (χ1n) is 8.38. The number of rotatable bonds is 11. The Morgan fingerprint density at radius 1 is 1.30 bits per heavy atom. The van der Waals surface area contributed by atoms with Gasteiger partial charge >= 0.3 is 0 Å². The van der Waals surface area contributed by atoms with Crippen molar-refractivity contribution in [1.29, 1.82) is 0 Å². The van der Waals surface area contributed by atoms with Crippen molar-refractivity contribution in [3.8, 4) is 11.5 Å². The number of nitro benzene ring substituents is 1. The SMILES string of the molecule is CCOc1cc([N+](=O)[O-])c(C(=O)NCCCN(CC)S(C)(=O)=O)cc1OC. The van der Waals surface area contributed by atoms with Crippen LogP contribution >= 0.6 is 0 Å². The maximum absolute atomic E-state index is 12.4. The van der Waals surface area contributed by atoms with Crippen LogP contribution in [0.25, 0.3) is 0 Å². The molecule has 1 amide bonds. The van der Waals surface area contributed by atoms with Crippen LogP contribution in [0.3, 0.4) is 0 Å². The number of nitrogens with zero attached hydrogens (tertiary/aromatic N) is 2. The third kappa shape index (κ3) is 6.36. The van der Waals surface area contributed by atoms with Crippen LogP contribution in [-0.4, -0.2) is 63.2 Å². The van der Waals surface area contributed by atoms with Crippen molar-refractivity contribution in [2.45, 2.75) is 20.3 Å². The van der Waals surface area contributed by atoms with Crippen molar-refractivity contribution < 1.29 is 27.6 Å². The third-order valence-electron chi connectivity index (χ3n) is 3.71. The molecule has 0 aliphatic carbocycles. The van der Waals surface area contributed by atoms with Gasteiger partial charge in [-0.05, 0) is 13.3 Å². The Labute approximate surface area is 158 Å². The van der Waals surface area contributed by atoms with Crippen LogP contribution in [0, 0.1) is 10.1 Å². The molecular weight excluding hydrogens is 378 g/mol. The second-order valence-corrected chi connectivity index (χ2v) is 7.56. The van der Waals surface area contributed by atoms with Crippen molar-refractivity contribution in [3.05, 3.63) is 27.8 Å². The lowest BCUT2D eigenvalue weighted by Crippen LogP contribution is -2.33. The molecule has 152 valence electrons. The van der Waals surface area contributed by atoms with E-state index in [4.69, 9.17) is 9.47 Å². The van der Waals surface area contributed by atoms with Crippen LogP contribution < -0.4 is 14.8 Å². The van der Waals surface area contributed by atoms with Gasteiger partial charge in [-0.15, -0.1) is 0 Å². The smallest absolute Gasteiger partial charge is 0.286 e. The largest absolute Gasteiger partial charge is 0.493 e. The third-order valence-corrected chi connectivity index (χ3v) is 5.09. The fraction of sp³-hybridized carbons (Fsp3) is 0.562. The maximum atomic E-state index is 12.4. The van der Waals surface area contributed by atoms with Crippen molar-refractivity contribution in [2.75, 3.05) is 39.6 Å². The van der Waals surface area contributed by atoms with Gasteiger partial charge in [-0.1, -0.05) is 6.92 Å². The first kappa shape index (κ1) is 22.6. The molecule has 27 heavy (non-hydrogen) atoms. The van der Waals surface area contributed by atoms with Crippen LogP contribution in [0.2, 0.25) is 0 Å². The van der Waals surface area contributed by atoms with Crippen LogP contribution in [0.4, 0.5) is 5.69 Å². The van der Waals surface area contributed by atoms with Crippen molar-refractivity contribution in [3.63, 3.8) is 0 Å². The molecule has 0 aromatic heterocycles. The average molecular weight is 403 g/mol. The number of carbonyl (C=O) groups excluding carboxylic acids is 1. The molecule has 1 rings (SSSR count). The number of hydrogen-bond donors (Lipinski definition) is 1. The van der Waals surface area contributed by atoms with E-state index in [-0.39, 0.29) is 36.8 Å². The zero-order valence-corrected chi connectivity index (χ0v) is 16.7. The summed E-state index contributed by atoms with van der Waals surface area (Å²) in [5, 5.41) is 13.9. The number of methoxy groups -OCH3 is 1. The number of carbonyl (C=O) groups is 1. The minimum atomic E-state index is -3.30. The summed E-state index contributed by atoms with van der Waals surface area (Å²) in [7, 11) is -1.93. The molecule has 0 aliphatic rings. The number of hydrogen-bond acceptors (Lipinski definition) is 7. The molecule has 0 radical (unpaired) electrons. The normalized spacial score (nSPS) is 11.3. The minimum Gasteiger partial charge on any atom is -0.493 e. The highest BCUT2D eigenvalue weighted by Crippen LogP contribution is 2.34. The zero-order valence-electron chi connectivity index (χ0n) is 15.9. The molecular formula is C16H25N3O7S. The van der Waals surface area contributed by atoms with E-state index in [9.17, 15) is 23.3 Å². The second-order valence-electron chi connectivity index (χ2n) is 5.57. The molecule has 0 aliphatic heterocycles. The monoisotopic (exact) mass is 403 g/mol. The first-order valence-corrected chi connectivity index (χ1v) is 10.2. The Bertz CT molecular complexity index is 780. The summed E-state index contributed by atoms with van der Waals surface area (Å²) in [6.45, 7) is 4.46. The second kappa shape index (κ2) is 10.1. The molecule has 0 atom stereocenters. The molecule has 0 bridgehead atoms. The number of nitro groups is 1. The minimum absolute atomic E-state index is 0.157. The number of benzene rings is 1. The quantitative estimate of drug-likeness (QED) is 0.336. The summed E-state index contributed by atoms with van der Waals surface area (Å²) in [4.78, 5) is 23.0. The number of amides is 1. The van der Waals surface area contributed by atoms with E-state index < -0.39 is 26.5 Å². The van der Waals surface area contributed by atoms with E-state index >= 15 is 0 Å². The Kier molecular flexibility index (Phi) is 8.44. The summed E-state index contributed by atoms with van der Waals surface area (Å²) in [5.74, 6) is -0.262. The van der Waals surface area contributed by atoms with Gasteiger partial charge in [0.25, 0.3) is 11.6 Å². The van der Waals surface area contributed by atoms with Gasteiger partial charge in [-0.3, -0.25) is 14.9 Å². The molecule has 1 aromatic rings. The first-order chi connectivity index (χ1) is 12.6. The maximum Gasteiger partial charge on any atom is 0.286 e. The highest BCUT2D eigenvalue weighted by atomic mass is 32.2. The van der Waals surface area contributed by atoms with Gasteiger partial charge < -0.3 is 14.8 Å². The van der Waals surface area contributed by atoms with Crippen molar-refractivity contribution in [2.24, 2.45) is 0 Å². The molecule has 10 nitrogen and oxygen atoms in total. The van der Waals surface area contributed by atoms with E-state index in [1.807, 2.05) is 0 Å². The molecule has 0 saturated heterocycles. The Morgan fingerprint density at radius 2 is 1.96 bits per heavy atom. The van der Waals surface area contributed by atoms with Crippen LogP contribution in [-0.2, 0) is 10.0 Å². The highest BCUT2D eigenvalue weighted by molar-refractivity contribution is 7.88. The molecule has 1 N–H and O–H groups in total. The molecule has 0 heterocycles. The van der Waals surface area contributed by atoms with Gasteiger partial charge in [0.1, 0.15) is 5.56 Å².